The van der Waals surface area contributed by atoms with Gasteiger partial charge in [-0.05, 0) is 25.1 Å². The minimum Gasteiger partial charge on any atom is -0.370 e. The number of carbonyl (C=O) groups is 1. The smallest absolute Gasteiger partial charge is 0.261 e. The number of nitrogens with zero attached hydrogens (tertiary/aromatic N) is 2. The topological polar surface area (TPSA) is 45.2 Å². The summed E-state index contributed by atoms with van der Waals surface area (Å²) in [6.07, 6.45) is 1.03. The Morgan fingerprint density at radius 1 is 1.33 bits per heavy atom. The van der Waals surface area contributed by atoms with E-state index in [9.17, 15) is 13.6 Å². The van der Waals surface area contributed by atoms with Crippen molar-refractivity contribution in [2.75, 3.05) is 23.8 Å². The lowest BCUT2D eigenvalue weighted by Gasteiger charge is -2.19. The monoisotopic (exact) mass is 291 g/mol. The molecular weight excluding hydrogens is 276 g/mol. The molecule has 2 rings (SSSR count). The minimum absolute atomic E-state index is 0.0580. The van der Waals surface area contributed by atoms with Gasteiger partial charge in [-0.15, -0.1) is 0 Å². The lowest BCUT2D eigenvalue weighted by atomic mass is 10.2. The van der Waals surface area contributed by atoms with Crippen LogP contribution >= 0.6 is 0 Å². The molecule has 0 fully saturated rings. The van der Waals surface area contributed by atoms with Gasteiger partial charge in [-0.25, -0.2) is 13.8 Å². The molecule has 0 atom stereocenters. The Balaban J connectivity index is 2.40. The van der Waals surface area contributed by atoms with E-state index in [1.54, 1.807) is 6.07 Å². The van der Waals surface area contributed by atoms with Gasteiger partial charge in [-0.2, -0.15) is 0 Å². The molecule has 1 heterocycles. The zero-order chi connectivity index (χ0) is 15.4. The van der Waals surface area contributed by atoms with Crippen molar-refractivity contribution in [3.8, 4) is 0 Å². The minimum atomic E-state index is -0.623. The molecule has 0 bridgehead atoms. The molecule has 1 aromatic heterocycles. The summed E-state index contributed by atoms with van der Waals surface area (Å²) in [5, 5.41) is 2.89. The fourth-order valence-corrected chi connectivity index (χ4v) is 1.92. The van der Waals surface area contributed by atoms with E-state index in [2.05, 4.69) is 10.3 Å². The molecule has 0 saturated heterocycles. The van der Waals surface area contributed by atoms with Crippen LogP contribution in [0.5, 0.6) is 0 Å². The normalized spacial score (nSPS) is 10.3. The average Bonchev–Trinajstić information content (AvgIpc) is 2.48. The van der Waals surface area contributed by atoms with Gasteiger partial charge in [0.25, 0.3) is 5.91 Å². The van der Waals surface area contributed by atoms with Crippen molar-refractivity contribution in [1.29, 1.82) is 0 Å². The van der Waals surface area contributed by atoms with Gasteiger partial charge in [0, 0.05) is 13.6 Å². The van der Waals surface area contributed by atoms with Crippen LogP contribution in [0.3, 0.4) is 0 Å². The summed E-state index contributed by atoms with van der Waals surface area (Å²) >= 11 is 0. The Hall–Kier alpha value is -2.50. The number of carbonyl (C=O) groups excluding carboxylic acids is 1. The Morgan fingerprint density at radius 3 is 2.71 bits per heavy atom. The Kier molecular flexibility index (Phi) is 4.47. The highest BCUT2D eigenvalue weighted by Gasteiger charge is 2.20. The molecule has 4 nitrogen and oxygen atoms in total. The second-order valence-corrected chi connectivity index (χ2v) is 4.40. The van der Waals surface area contributed by atoms with Crippen molar-refractivity contribution >= 4 is 17.4 Å². The maximum Gasteiger partial charge on any atom is 0.261 e. The summed E-state index contributed by atoms with van der Waals surface area (Å²) < 4.78 is 27.1. The summed E-state index contributed by atoms with van der Waals surface area (Å²) in [5.74, 6) is -1.42. The van der Waals surface area contributed by atoms with E-state index in [4.69, 9.17) is 0 Å². The third-order valence-corrected chi connectivity index (χ3v) is 2.95. The van der Waals surface area contributed by atoms with Gasteiger partial charge in [-0.1, -0.05) is 12.1 Å². The van der Waals surface area contributed by atoms with Gasteiger partial charge in [-0.3, -0.25) is 4.79 Å². The van der Waals surface area contributed by atoms with E-state index in [1.165, 1.54) is 25.2 Å². The lowest BCUT2D eigenvalue weighted by molar-refractivity contribution is 0.0992. The fourth-order valence-electron chi connectivity index (χ4n) is 1.92. The number of halogens is 2. The molecule has 0 radical (unpaired) electrons. The molecule has 2 aromatic rings. The highest BCUT2D eigenvalue weighted by Crippen LogP contribution is 2.22. The van der Waals surface area contributed by atoms with Gasteiger partial charge in [0.05, 0.1) is 17.4 Å². The average molecular weight is 291 g/mol. The zero-order valence-corrected chi connectivity index (χ0v) is 11.7. The summed E-state index contributed by atoms with van der Waals surface area (Å²) in [5.41, 5.74) is 0.178. The zero-order valence-electron chi connectivity index (χ0n) is 11.7. The first-order valence-electron chi connectivity index (χ1n) is 6.46. The van der Waals surface area contributed by atoms with Crippen molar-refractivity contribution in [2.45, 2.75) is 6.92 Å². The maximum absolute atomic E-state index is 13.7. The molecule has 0 aliphatic carbocycles. The number of pyridine rings is 1. The van der Waals surface area contributed by atoms with Crippen molar-refractivity contribution < 1.29 is 13.6 Å². The molecule has 0 saturated carbocycles. The van der Waals surface area contributed by atoms with Gasteiger partial charge in [0.15, 0.2) is 0 Å². The SMILES string of the molecule is CCNc1ncc(F)cc1C(=O)N(C)c1ccccc1F. The molecule has 0 aliphatic heterocycles. The van der Waals surface area contributed by atoms with E-state index in [0.29, 0.717) is 6.54 Å². The van der Waals surface area contributed by atoms with Crippen molar-refractivity contribution in [3.05, 3.63) is 53.7 Å². The predicted octanol–water partition coefficient (Wildman–Crippen LogP) is 3.07. The van der Waals surface area contributed by atoms with Crippen LogP contribution in [0.15, 0.2) is 36.5 Å². The van der Waals surface area contributed by atoms with E-state index < -0.39 is 17.5 Å². The van der Waals surface area contributed by atoms with E-state index in [1.807, 2.05) is 6.92 Å². The fraction of sp³-hybridized carbons (Fsp3) is 0.200. The molecule has 6 heteroatoms. The number of hydrogen-bond donors (Lipinski definition) is 1. The largest absolute Gasteiger partial charge is 0.370 e. The molecule has 0 spiro atoms. The second kappa shape index (κ2) is 6.30. The summed E-state index contributed by atoms with van der Waals surface area (Å²) in [7, 11) is 1.43. The van der Waals surface area contributed by atoms with Gasteiger partial charge < -0.3 is 10.2 Å². The predicted molar refractivity (Wildman–Crippen MR) is 77.5 cm³/mol. The summed E-state index contributed by atoms with van der Waals surface area (Å²) in [6, 6.07) is 6.98. The molecule has 0 aliphatic rings. The van der Waals surface area contributed by atoms with Crippen LogP contribution in [-0.4, -0.2) is 24.5 Å². The third-order valence-electron chi connectivity index (χ3n) is 2.95. The molecule has 110 valence electrons. The number of nitrogens with one attached hydrogen (secondary N) is 1. The maximum atomic E-state index is 13.7. The highest BCUT2D eigenvalue weighted by molar-refractivity contribution is 6.08. The second-order valence-electron chi connectivity index (χ2n) is 4.40. The molecular formula is C15H15F2N3O. The number of para-hydroxylation sites is 1. The van der Waals surface area contributed by atoms with Crippen molar-refractivity contribution in [2.24, 2.45) is 0 Å². The molecule has 0 unspecified atom stereocenters. The molecule has 1 aromatic carbocycles. The van der Waals surface area contributed by atoms with Crippen molar-refractivity contribution in [1.82, 2.24) is 4.98 Å². The first-order chi connectivity index (χ1) is 10.0. The van der Waals surface area contributed by atoms with Crippen LogP contribution in [0.25, 0.3) is 0 Å². The summed E-state index contributed by atoms with van der Waals surface area (Å²) in [6.45, 7) is 2.36. The quantitative estimate of drug-likeness (QED) is 0.941. The first kappa shape index (κ1) is 14.9. The molecule has 1 amide bonds. The lowest BCUT2D eigenvalue weighted by Crippen LogP contribution is -2.28. The highest BCUT2D eigenvalue weighted by atomic mass is 19.1. The Bertz CT molecular complexity index is 661. The van der Waals surface area contributed by atoms with Crippen molar-refractivity contribution in [3.63, 3.8) is 0 Å². The number of aromatic nitrogens is 1. The first-order valence-corrected chi connectivity index (χ1v) is 6.46. The van der Waals surface area contributed by atoms with E-state index in [-0.39, 0.29) is 17.1 Å². The van der Waals surface area contributed by atoms with Gasteiger partial charge >= 0.3 is 0 Å². The van der Waals surface area contributed by atoms with E-state index >= 15 is 0 Å². The Morgan fingerprint density at radius 2 is 2.05 bits per heavy atom. The Labute approximate surface area is 121 Å². The number of rotatable bonds is 4. The molecule has 1 N–H and O–H groups in total. The van der Waals surface area contributed by atoms with Crippen LogP contribution in [0.4, 0.5) is 20.3 Å². The number of hydrogen-bond acceptors (Lipinski definition) is 3. The van der Waals surface area contributed by atoms with Crippen LogP contribution < -0.4 is 10.2 Å². The van der Waals surface area contributed by atoms with Crippen LogP contribution in [0, 0.1) is 11.6 Å². The van der Waals surface area contributed by atoms with Gasteiger partial charge in [0.2, 0.25) is 0 Å². The number of benzene rings is 1. The third kappa shape index (κ3) is 3.16. The number of amides is 1. The van der Waals surface area contributed by atoms with Gasteiger partial charge in [0.1, 0.15) is 17.5 Å². The summed E-state index contributed by atoms with van der Waals surface area (Å²) in [4.78, 5) is 17.4. The molecule has 21 heavy (non-hydrogen) atoms. The van der Waals surface area contributed by atoms with E-state index in [0.717, 1.165) is 17.2 Å². The standard InChI is InChI=1S/C15H15F2N3O/c1-3-18-14-11(8-10(16)9-19-14)15(21)20(2)13-7-5-4-6-12(13)17/h4-9H,3H2,1-2H3,(H,18,19). The number of anilines is 2. The van der Waals surface area contributed by atoms with Crippen LogP contribution in [-0.2, 0) is 0 Å². The van der Waals surface area contributed by atoms with Crippen LogP contribution in [0.1, 0.15) is 17.3 Å². The van der Waals surface area contributed by atoms with Crippen LogP contribution in [0.2, 0.25) is 0 Å².